The summed E-state index contributed by atoms with van der Waals surface area (Å²) in [5.74, 6) is 1.78. The summed E-state index contributed by atoms with van der Waals surface area (Å²) in [6.45, 7) is 5.03. The Bertz CT molecular complexity index is 267. The van der Waals surface area contributed by atoms with E-state index in [-0.39, 0.29) is 0 Å². The first kappa shape index (κ1) is 10.6. The van der Waals surface area contributed by atoms with Crippen LogP contribution in [0.3, 0.4) is 0 Å². The van der Waals surface area contributed by atoms with E-state index < -0.39 is 0 Å². The fourth-order valence-electron chi connectivity index (χ4n) is 1.90. The Balaban J connectivity index is 1.73. The number of H-pyrrole nitrogens is 1. The third kappa shape index (κ3) is 3.04. The van der Waals surface area contributed by atoms with Gasteiger partial charge in [-0.2, -0.15) is 0 Å². The molecule has 1 aromatic rings. The molecule has 1 unspecified atom stereocenters. The second-order valence-electron chi connectivity index (χ2n) is 4.16. The molecule has 2 N–H and O–H groups in total. The summed E-state index contributed by atoms with van der Waals surface area (Å²) in [7, 11) is 0. The Kier molecular flexibility index (Phi) is 3.75. The van der Waals surface area contributed by atoms with E-state index in [0.29, 0.717) is 6.04 Å². The molecule has 0 aromatic carbocycles. The molecule has 0 radical (unpaired) electrons. The second-order valence-corrected chi connectivity index (χ2v) is 4.16. The van der Waals surface area contributed by atoms with Gasteiger partial charge in [0.25, 0.3) is 0 Å². The van der Waals surface area contributed by atoms with Crippen molar-refractivity contribution in [2.45, 2.75) is 25.8 Å². The molecule has 15 heavy (non-hydrogen) atoms. The number of ether oxygens (including phenoxy) is 1. The van der Waals surface area contributed by atoms with Crippen molar-refractivity contribution in [1.29, 1.82) is 0 Å². The zero-order chi connectivity index (χ0) is 10.5. The highest BCUT2D eigenvalue weighted by Gasteiger charge is 2.15. The van der Waals surface area contributed by atoms with Gasteiger partial charge in [-0.3, -0.25) is 0 Å². The number of nitrogens with zero attached hydrogens (tertiary/aromatic N) is 1. The molecule has 84 valence electrons. The van der Waals surface area contributed by atoms with E-state index >= 15 is 0 Å². The topological polar surface area (TPSA) is 49.9 Å². The maximum absolute atomic E-state index is 5.33. The van der Waals surface area contributed by atoms with Crippen LogP contribution in [-0.2, 0) is 4.74 Å². The van der Waals surface area contributed by atoms with Crippen LogP contribution in [0.1, 0.15) is 31.6 Å². The van der Waals surface area contributed by atoms with Crippen molar-refractivity contribution in [3.05, 3.63) is 18.2 Å². The first-order valence-electron chi connectivity index (χ1n) is 5.66. The van der Waals surface area contributed by atoms with E-state index in [0.717, 1.165) is 31.5 Å². The highest BCUT2D eigenvalue weighted by Crippen LogP contribution is 2.15. The molecule has 1 aromatic heterocycles. The third-order valence-corrected chi connectivity index (χ3v) is 2.98. The van der Waals surface area contributed by atoms with E-state index in [9.17, 15) is 0 Å². The average Bonchev–Trinajstić information content (AvgIpc) is 2.81. The Morgan fingerprint density at radius 1 is 1.60 bits per heavy atom. The Morgan fingerprint density at radius 2 is 2.40 bits per heavy atom. The molecule has 2 heterocycles. The molecule has 1 saturated heterocycles. The Hall–Kier alpha value is -0.870. The first-order chi connectivity index (χ1) is 7.36. The lowest BCUT2D eigenvalue weighted by atomic mass is 10.0. The zero-order valence-corrected chi connectivity index (χ0v) is 9.20. The van der Waals surface area contributed by atoms with Gasteiger partial charge in [0, 0.05) is 25.6 Å². The van der Waals surface area contributed by atoms with Crippen LogP contribution in [0.4, 0.5) is 0 Å². The minimum atomic E-state index is 0.308. The van der Waals surface area contributed by atoms with Gasteiger partial charge in [-0.25, -0.2) is 4.98 Å². The molecule has 1 aliphatic rings. The van der Waals surface area contributed by atoms with Gasteiger partial charge in [0.2, 0.25) is 0 Å². The van der Waals surface area contributed by atoms with Crippen LogP contribution in [0.15, 0.2) is 12.4 Å². The Morgan fingerprint density at radius 3 is 3.07 bits per heavy atom. The van der Waals surface area contributed by atoms with E-state index in [1.54, 1.807) is 6.20 Å². The number of aromatic amines is 1. The lowest BCUT2D eigenvalue weighted by Gasteiger charge is -2.23. The Labute approximate surface area is 90.4 Å². The van der Waals surface area contributed by atoms with Crippen molar-refractivity contribution < 1.29 is 4.74 Å². The monoisotopic (exact) mass is 209 g/mol. The quantitative estimate of drug-likeness (QED) is 0.790. The van der Waals surface area contributed by atoms with E-state index in [4.69, 9.17) is 4.74 Å². The van der Waals surface area contributed by atoms with Crippen molar-refractivity contribution in [1.82, 2.24) is 15.3 Å². The fraction of sp³-hybridized carbons (Fsp3) is 0.727. The summed E-state index contributed by atoms with van der Waals surface area (Å²) in [4.78, 5) is 7.36. The minimum absolute atomic E-state index is 0.308. The maximum atomic E-state index is 5.33. The van der Waals surface area contributed by atoms with Gasteiger partial charge in [0.05, 0.1) is 6.04 Å². The lowest BCUT2D eigenvalue weighted by molar-refractivity contribution is 0.0655. The van der Waals surface area contributed by atoms with Gasteiger partial charge in [-0.1, -0.05) is 0 Å². The summed E-state index contributed by atoms with van der Waals surface area (Å²) >= 11 is 0. The van der Waals surface area contributed by atoms with Gasteiger partial charge < -0.3 is 15.0 Å². The van der Waals surface area contributed by atoms with Crippen LogP contribution in [0, 0.1) is 5.92 Å². The number of nitrogens with one attached hydrogen (secondary N) is 2. The van der Waals surface area contributed by atoms with Gasteiger partial charge in [-0.15, -0.1) is 0 Å². The number of rotatable bonds is 4. The molecule has 0 bridgehead atoms. The highest BCUT2D eigenvalue weighted by atomic mass is 16.5. The van der Waals surface area contributed by atoms with Crippen molar-refractivity contribution in [2.24, 2.45) is 5.92 Å². The van der Waals surface area contributed by atoms with Crippen LogP contribution < -0.4 is 5.32 Å². The second kappa shape index (κ2) is 5.28. The van der Waals surface area contributed by atoms with Gasteiger partial charge in [0.15, 0.2) is 0 Å². The van der Waals surface area contributed by atoms with Crippen molar-refractivity contribution in [3.8, 4) is 0 Å². The molecule has 2 rings (SSSR count). The molecule has 1 atom stereocenters. The maximum Gasteiger partial charge on any atom is 0.122 e. The molecule has 0 aliphatic carbocycles. The smallest absolute Gasteiger partial charge is 0.122 e. The molecule has 1 fully saturated rings. The highest BCUT2D eigenvalue weighted by molar-refractivity contribution is 4.93. The fourth-order valence-corrected chi connectivity index (χ4v) is 1.90. The summed E-state index contributed by atoms with van der Waals surface area (Å²) in [6.07, 6.45) is 6.01. The van der Waals surface area contributed by atoms with E-state index in [1.165, 1.54) is 12.8 Å². The SMILES string of the molecule is CC(NCC1CCOCC1)c1ncc[nH]1. The van der Waals surface area contributed by atoms with Crippen LogP contribution in [0.5, 0.6) is 0 Å². The number of hydrogen-bond acceptors (Lipinski definition) is 3. The normalized spacial score (nSPS) is 20.3. The van der Waals surface area contributed by atoms with Gasteiger partial charge >= 0.3 is 0 Å². The minimum Gasteiger partial charge on any atom is -0.381 e. The predicted octanol–water partition coefficient (Wildman–Crippen LogP) is 1.49. The summed E-state index contributed by atoms with van der Waals surface area (Å²) in [5.41, 5.74) is 0. The van der Waals surface area contributed by atoms with Crippen molar-refractivity contribution in [2.75, 3.05) is 19.8 Å². The standard InChI is InChI=1S/C11H19N3O/c1-9(11-12-4-5-13-11)14-8-10-2-6-15-7-3-10/h4-5,9-10,14H,2-3,6-8H2,1H3,(H,12,13). The predicted molar refractivity (Wildman–Crippen MR) is 58.5 cm³/mol. The van der Waals surface area contributed by atoms with Gasteiger partial charge in [0.1, 0.15) is 5.82 Å². The average molecular weight is 209 g/mol. The zero-order valence-electron chi connectivity index (χ0n) is 9.20. The van der Waals surface area contributed by atoms with Crippen LogP contribution >= 0.6 is 0 Å². The largest absolute Gasteiger partial charge is 0.381 e. The van der Waals surface area contributed by atoms with Crippen LogP contribution in [0.25, 0.3) is 0 Å². The van der Waals surface area contributed by atoms with Crippen molar-refractivity contribution in [3.63, 3.8) is 0 Å². The molecule has 0 saturated carbocycles. The molecule has 0 amide bonds. The summed E-state index contributed by atoms with van der Waals surface area (Å²) in [6, 6.07) is 0.308. The molecule has 4 heteroatoms. The molecular formula is C11H19N3O. The molecule has 4 nitrogen and oxygen atoms in total. The molecule has 0 spiro atoms. The lowest BCUT2D eigenvalue weighted by Crippen LogP contribution is -2.30. The van der Waals surface area contributed by atoms with Gasteiger partial charge in [-0.05, 0) is 32.2 Å². The first-order valence-corrected chi connectivity index (χ1v) is 5.66. The molecule has 1 aliphatic heterocycles. The molecular weight excluding hydrogens is 190 g/mol. The summed E-state index contributed by atoms with van der Waals surface area (Å²) in [5, 5.41) is 3.51. The van der Waals surface area contributed by atoms with E-state index in [2.05, 4.69) is 22.2 Å². The van der Waals surface area contributed by atoms with Crippen LogP contribution in [0.2, 0.25) is 0 Å². The number of hydrogen-bond donors (Lipinski definition) is 2. The van der Waals surface area contributed by atoms with Crippen LogP contribution in [-0.4, -0.2) is 29.7 Å². The number of aromatic nitrogens is 2. The van der Waals surface area contributed by atoms with Crippen molar-refractivity contribution >= 4 is 0 Å². The number of imidazole rings is 1. The van der Waals surface area contributed by atoms with E-state index in [1.807, 2.05) is 6.20 Å². The third-order valence-electron chi connectivity index (χ3n) is 2.98. The summed E-state index contributed by atoms with van der Waals surface area (Å²) < 4.78 is 5.33.